The van der Waals surface area contributed by atoms with Crippen LogP contribution in [0.4, 0.5) is 4.39 Å². The van der Waals surface area contributed by atoms with Crippen LogP contribution in [0.1, 0.15) is 12.5 Å². The number of ether oxygens (including phenoxy) is 2. The van der Waals surface area contributed by atoms with Gasteiger partial charge in [0, 0.05) is 6.07 Å². The first kappa shape index (κ1) is 11.3. The van der Waals surface area contributed by atoms with Crippen LogP contribution in [0.3, 0.4) is 0 Å². The fraction of sp³-hybridized carbons (Fsp3) is 0.364. The summed E-state index contributed by atoms with van der Waals surface area (Å²) in [5.41, 5.74) is 0.492. The molecule has 0 radical (unpaired) electrons. The predicted octanol–water partition coefficient (Wildman–Crippen LogP) is 2.31. The second-order valence-corrected chi connectivity index (χ2v) is 2.74. The van der Waals surface area contributed by atoms with Gasteiger partial charge in [-0.05, 0) is 19.1 Å². The topological polar surface area (TPSA) is 42.2 Å². The summed E-state index contributed by atoms with van der Waals surface area (Å²) in [6.07, 6.45) is 0. The van der Waals surface area contributed by atoms with Crippen LogP contribution in [0.25, 0.3) is 0 Å². The monoisotopic (exact) mass is 209 g/mol. The van der Waals surface area contributed by atoms with Crippen LogP contribution in [0, 0.1) is 11.3 Å². The van der Waals surface area contributed by atoms with E-state index in [0.717, 1.165) is 0 Å². The van der Waals surface area contributed by atoms with Crippen molar-refractivity contribution < 1.29 is 13.9 Å². The van der Waals surface area contributed by atoms with E-state index in [4.69, 9.17) is 14.7 Å². The molecular weight excluding hydrogens is 197 g/mol. The molecular formula is C11H12FNO2. The van der Waals surface area contributed by atoms with E-state index in [2.05, 4.69) is 0 Å². The molecule has 0 aliphatic heterocycles. The Bertz CT molecular complexity index is 360. The van der Waals surface area contributed by atoms with Gasteiger partial charge in [-0.3, -0.25) is 0 Å². The van der Waals surface area contributed by atoms with Crippen LogP contribution in [0.5, 0.6) is 11.5 Å². The van der Waals surface area contributed by atoms with Gasteiger partial charge in [0.25, 0.3) is 0 Å². The van der Waals surface area contributed by atoms with Crippen molar-refractivity contribution in [3.8, 4) is 17.6 Å². The first-order chi connectivity index (χ1) is 7.31. The number of nitriles is 1. The van der Waals surface area contributed by atoms with Gasteiger partial charge in [0.2, 0.25) is 0 Å². The number of hydrogen-bond acceptors (Lipinski definition) is 3. The smallest absolute Gasteiger partial charge is 0.162 e. The highest BCUT2D eigenvalue weighted by Crippen LogP contribution is 2.28. The Morgan fingerprint density at radius 3 is 2.73 bits per heavy atom. The average molecular weight is 209 g/mol. The van der Waals surface area contributed by atoms with Crippen LogP contribution in [0.15, 0.2) is 18.2 Å². The van der Waals surface area contributed by atoms with Crippen LogP contribution in [-0.2, 0) is 0 Å². The lowest BCUT2D eigenvalue weighted by Crippen LogP contribution is -2.02. The van der Waals surface area contributed by atoms with E-state index in [-0.39, 0.29) is 6.61 Å². The first-order valence-electron chi connectivity index (χ1n) is 4.67. The third-order valence-corrected chi connectivity index (χ3v) is 1.71. The molecule has 0 aliphatic rings. The summed E-state index contributed by atoms with van der Waals surface area (Å²) < 4.78 is 22.3. The van der Waals surface area contributed by atoms with E-state index in [9.17, 15) is 4.39 Å². The second-order valence-electron chi connectivity index (χ2n) is 2.74. The Balaban J connectivity index is 2.88. The maximum atomic E-state index is 11.9. The number of nitrogens with zero attached hydrogens (tertiary/aromatic N) is 1. The summed E-state index contributed by atoms with van der Waals surface area (Å²) in [6.45, 7) is 1.75. The number of benzene rings is 1. The lowest BCUT2D eigenvalue weighted by molar-refractivity contribution is 0.251. The summed E-state index contributed by atoms with van der Waals surface area (Å²) in [6, 6.07) is 6.80. The summed E-state index contributed by atoms with van der Waals surface area (Å²) in [4.78, 5) is 0. The van der Waals surface area contributed by atoms with Gasteiger partial charge in [0.15, 0.2) is 11.5 Å². The molecule has 0 bridgehead atoms. The Kier molecular flexibility index (Phi) is 4.42. The van der Waals surface area contributed by atoms with Crippen molar-refractivity contribution in [2.45, 2.75) is 6.92 Å². The van der Waals surface area contributed by atoms with Gasteiger partial charge in [-0.1, -0.05) is 0 Å². The number of hydrogen-bond donors (Lipinski definition) is 0. The van der Waals surface area contributed by atoms with Gasteiger partial charge in [-0.2, -0.15) is 5.26 Å². The van der Waals surface area contributed by atoms with Crippen LogP contribution < -0.4 is 9.47 Å². The van der Waals surface area contributed by atoms with Gasteiger partial charge in [0.1, 0.15) is 13.3 Å². The lowest BCUT2D eigenvalue weighted by Gasteiger charge is -2.10. The van der Waals surface area contributed by atoms with Gasteiger partial charge in [0.05, 0.1) is 18.2 Å². The fourth-order valence-corrected chi connectivity index (χ4v) is 1.11. The third kappa shape index (κ3) is 3.13. The molecule has 0 saturated heterocycles. The Labute approximate surface area is 88.0 Å². The van der Waals surface area contributed by atoms with Crippen LogP contribution in [0.2, 0.25) is 0 Å². The molecule has 15 heavy (non-hydrogen) atoms. The summed E-state index contributed by atoms with van der Waals surface area (Å²) in [5, 5.41) is 8.69. The van der Waals surface area contributed by atoms with E-state index in [1.807, 2.05) is 13.0 Å². The van der Waals surface area contributed by atoms with Crippen LogP contribution in [-0.4, -0.2) is 19.9 Å². The first-order valence-corrected chi connectivity index (χ1v) is 4.67. The Hall–Kier alpha value is -1.76. The zero-order valence-electron chi connectivity index (χ0n) is 8.50. The molecule has 1 rings (SSSR count). The highest BCUT2D eigenvalue weighted by molar-refractivity contribution is 5.46. The zero-order chi connectivity index (χ0) is 11.1. The van der Waals surface area contributed by atoms with Gasteiger partial charge < -0.3 is 9.47 Å². The largest absolute Gasteiger partial charge is 0.490 e. The van der Waals surface area contributed by atoms with Crippen molar-refractivity contribution in [2.75, 3.05) is 19.9 Å². The molecule has 1 aromatic carbocycles. The zero-order valence-corrected chi connectivity index (χ0v) is 8.50. The molecule has 3 nitrogen and oxygen atoms in total. The number of alkyl halides is 1. The number of halogens is 1. The molecule has 0 spiro atoms. The maximum absolute atomic E-state index is 11.9. The molecule has 4 heteroatoms. The summed E-state index contributed by atoms with van der Waals surface area (Å²) in [5.74, 6) is 0.943. The predicted molar refractivity (Wildman–Crippen MR) is 53.8 cm³/mol. The van der Waals surface area contributed by atoms with Gasteiger partial charge >= 0.3 is 0 Å². The normalized spacial score (nSPS) is 9.40. The van der Waals surface area contributed by atoms with Crippen molar-refractivity contribution in [1.29, 1.82) is 5.26 Å². The van der Waals surface area contributed by atoms with Crippen LogP contribution >= 0.6 is 0 Å². The average Bonchev–Trinajstić information content (AvgIpc) is 2.27. The summed E-state index contributed by atoms with van der Waals surface area (Å²) in [7, 11) is 0. The Morgan fingerprint density at radius 2 is 2.13 bits per heavy atom. The quantitative estimate of drug-likeness (QED) is 0.747. The molecule has 0 atom stereocenters. The molecule has 0 unspecified atom stereocenters. The molecule has 0 aromatic heterocycles. The maximum Gasteiger partial charge on any atom is 0.162 e. The van der Waals surface area contributed by atoms with E-state index in [1.165, 1.54) is 0 Å². The summed E-state index contributed by atoms with van der Waals surface area (Å²) >= 11 is 0. The molecule has 0 amide bonds. The van der Waals surface area contributed by atoms with Crippen molar-refractivity contribution in [3.63, 3.8) is 0 Å². The fourth-order valence-electron chi connectivity index (χ4n) is 1.11. The third-order valence-electron chi connectivity index (χ3n) is 1.71. The highest BCUT2D eigenvalue weighted by Gasteiger charge is 2.05. The van der Waals surface area contributed by atoms with Gasteiger partial charge in [-0.25, -0.2) is 4.39 Å². The molecule has 0 aliphatic carbocycles. The standard InChI is InChI=1S/C11H12FNO2/c1-2-14-11-7-9(8-13)3-4-10(11)15-6-5-12/h3-4,7H,2,5-6H2,1H3. The second kappa shape index (κ2) is 5.86. The van der Waals surface area contributed by atoms with E-state index < -0.39 is 6.67 Å². The molecule has 0 heterocycles. The molecule has 0 N–H and O–H groups in total. The lowest BCUT2D eigenvalue weighted by atomic mass is 10.2. The van der Waals surface area contributed by atoms with Crippen molar-refractivity contribution >= 4 is 0 Å². The SMILES string of the molecule is CCOc1cc(C#N)ccc1OCCF. The van der Waals surface area contributed by atoms with E-state index >= 15 is 0 Å². The number of rotatable bonds is 5. The van der Waals surface area contributed by atoms with Crippen molar-refractivity contribution in [3.05, 3.63) is 23.8 Å². The molecule has 0 saturated carbocycles. The minimum absolute atomic E-state index is 0.00796. The highest BCUT2D eigenvalue weighted by atomic mass is 19.1. The van der Waals surface area contributed by atoms with E-state index in [0.29, 0.717) is 23.7 Å². The molecule has 0 fully saturated rings. The van der Waals surface area contributed by atoms with Gasteiger partial charge in [-0.15, -0.1) is 0 Å². The van der Waals surface area contributed by atoms with Crippen molar-refractivity contribution in [1.82, 2.24) is 0 Å². The Morgan fingerprint density at radius 1 is 1.33 bits per heavy atom. The molecule has 80 valence electrons. The van der Waals surface area contributed by atoms with Crippen molar-refractivity contribution in [2.24, 2.45) is 0 Å². The van der Waals surface area contributed by atoms with E-state index in [1.54, 1.807) is 18.2 Å². The minimum atomic E-state index is -0.550. The minimum Gasteiger partial charge on any atom is -0.490 e. The molecule has 1 aromatic rings.